The van der Waals surface area contributed by atoms with E-state index in [4.69, 9.17) is 0 Å². The quantitative estimate of drug-likeness (QED) is 0.795. The predicted octanol–water partition coefficient (Wildman–Crippen LogP) is 2.72. The maximum Gasteiger partial charge on any atom is 0.257 e. The van der Waals surface area contributed by atoms with Crippen molar-refractivity contribution in [3.8, 4) is 5.75 Å². The van der Waals surface area contributed by atoms with Crippen LogP contribution in [0.3, 0.4) is 0 Å². The highest BCUT2D eigenvalue weighted by Crippen LogP contribution is 2.27. The molecule has 1 aromatic rings. The summed E-state index contributed by atoms with van der Waals surface area (Å²) >= 11 is 2.14. The van der Waals surface area contributed by atoms with Gasteiger partial charge < -0.3 is 10.0 Å². The van der Waals surface area contributed by atoms with E-state index in [-0.39, 0.29) is 11.7 Å². The summed E-state index contributed by atoms with van der Waals surface area (Å²) in [5, 5.41) is 9.75. The first kappa shape index (κ1) is 12.7. The Kier molecular flexibility index (Phi) is 3.61. The van der Waals surface area contributed by atoms with Crippen molar-refractivity contribution in [3.63, 3.8) is 0 Å². The Balaban J connectivity index is 2.23. The predicted molar refractivity (Wildman–Crippen MR) is 75.1 cm³/mol. The van der Waals surface area contributed by atoms with Gasteiger partial charge in [0.1, 0.15) is 5.75 Å². The van der Waals surface area contributed by atoms with Gasteiger partial charge in [-0.15, -0.1) is 0 Å². The molecule has 1 aliphatic heterocycles. The van der Waals surface area contributed by atoms with Crippen molar-refractivity contribution in [2.24, 2.45) is 11.8 Å². The molecule has 2 rings (SSSR count). The van der Waals surface area contributed by atoms with Crippen molar-refractivity contribution in [3.05, 3.63) is 27.3 Å². The summed E-state index contributed by atoms with van der Waals surface area (Å²) in [6, 6.07) is 5.12. The minimum Gasteiger partial charge on any atom is -0.507 e. The highest BCUT2D eigenvalue weighted by molar-refractivity contribution is 14.1. The highest BCUT2D eigenvalue weighted by Gasteiger charge is 2.30. The average molecular weight is 345 g/mol. The minimum absolute atomic E-state index is 0.0581. The molecule has 1 aromatic carbocycles. The number of benzene rings is 1. The molecule has 1 heterocycles. The second-order valence-electron chi connectivity index (χ2n) is 4.83. The Labute approximate surface area is 115 Å². The van der Waals surface area contributed by atoms with Gasteiger partial charge in [0.05, 0.1) is 5.56 Å². The van der Waals surface area contributed by atoms with Crippen molar-refractivity contribution < 1.29 is 9.90 Å². The van der Waals surface area contributed by atoms with Crippen LogP contribution in [0.2, 0.25) is 0 Å². The summed E-state index contributed by atoms with van der Waals surface area (Å²) in [5.74, 6) is 1.08. The smallest absolute Gasteiger partial charge is 0.257 e. The number of halogens is 1. The fourth-order valence-corrected chi connectivity index (χ4v) is 2.64. The Bertz CT molecular complexity index is 437. The molecule has 1 aliphatic rings. The van der Waals surface area contributed by atoms with E-state index in [0.29, 0.717) is 17.4 Å². The number of carbonyl (C=O) groups is 1. The molecule has 3 nitrogen and oxygen atoms in total. The molecule has 0 aliphatic carbocycles. The summed E-state index contributed by atoms with van der Waals surface area (Å²) in [6.07, 6.45) is 0. The molecule has 4 heteroatoms. The molecular weight excluding hydrogens is 329 g/mol. The molecule has 17 heavy (non-hydrogen) atoms. The van der Waals surface area contributed by atoms with Gasteiger partial charge in [0.15, 0.2) is 0 Å². The van der Waals surface area contributed by atoms with Crippen molar-refractivity contribution in [1.29, 1.82) is 0 Å². The van der Waals surface area contributed by atoms with Crippen molar-refractivity contribution in [1.82, 2.24) is 4.90 Å². The number of phenolic OH excluding ortho intramolecular Hbond substituents is 1. The average Bonchev–Trinajstić information content (AvgIpc) is 2.62. The molecule has 1 amide bonds. The zero-order chi connectivity index (χ0) is 12.6. The first-order valence-electron chi connectivity index (χ1n) is 5.77. The van der Waals surface area contributed by atoms with E-state index in [2.05, 4.69) is 36.4 Å². The van der Waals surface area contributed by atoms with Crippen molar-refractivity contribution >= 4 is 28.5 Å². The van der Waals surface area contributed by atoms with Crippen molar-refractivity contribution in [2.45, 2.75) is 13.8 Å². The van der Waals surface area contributed by atoms with Gasteiger partial charge in [-0.3, -0.25) is 4.79 Å². The van der Waals surface area contributed by atoms with Gasteiger partial charge in [0.2, 0.25) is 0 Å². The van der Waals surface area contributed by atoms with Crippen LogP contribution < -0.4 is 0 Å². The first-order valence-corrected chi connectivity index (χ1v) is 6.84. The molecule has 0 radical (unpaired) electrons. The molecule has 92 valence electrons. The summed E-state index contributed by atoms with van der Waals surface area (Å²) in [5.41, 5.74) is 0.415. The number of rotatable bonds is 1. The minimum atomic E-state index is -0.0581. The lowest BCUT2D eigenvalue weighted by atomic mass is 10.0. The van der Waals surface area contributed by atoms with Gasteiger partial charge in [-0.2, -0.15) is 0 Å². The van der Waals surface area contributed by atoms with E-state index in [1.807, 2.05) is 4.90 Å². The number of carbonyl (C=O) groups excluding carboxylic acids is 1. The van der Waals surface area contributed by atoms with Gasteiger partial charge >= 0.3 is 0 Å². The fourth-order valence-electron chi connectivity index (χ4n) is 2.15. The Hall–Kier alpha value is -0.780. The van der Waals surface area contributed by atoms with E-state index in [9.17, 15) is 9.90 Å². The van der Waals surface area contributed by atoms with Gasteiger partial charge in [0.25, 0.3) is 5.91 Å². The Morgan fingerprint density at radius 3 is 2.53 bits per heavy atom. The number of phenols is 1. The molecule has 2 atom stereocenters. The summed E-state index contributed by atoms with van der Waals surface area (Å²) < 4.78 is 0.962. The van der Waals surface area contributed by atoms with Crippen LogP contribution in [0.1, 0.15) is 24.2 Å². The number of amides is 1. The summed E-state index contributed by atoms with van der Waals surface area (Å²) in [6.45, 7) is 5.88. The molecule has 0 aromatic heterocycles. The van der Waals surface area contributed by atoms with Gasteiger partial charge in [0, 0.05) is 16.7 Å². The molecule has 0 saturated carbocycles. The third-order valence-electron chi connectivity index (χ3n) is 3.46. The molecule has 1 fully saturated rings. The standard InChI is InChI=1S/C13H16INO2/c1-8-6-15(7-9(8)2)13(17)11-5-10(14)3-4-12(11)16/h3-5,8-9,16H,6-7H2,1-2H3. The summed E-state index contributed by atoms with van der Waals surface area (Å²) in [7, 11) is 0. The molecular formula is C13H16INO2. The van der Waals surface area contributed by atoms with E-state index < -0.39 is 0 Å². The normalized spacial score (nSPS) is 24.1. The molecule has 0 spiro atoms. The molecule has 1 N–H and O–H groups in total. The van der Waals surface area contributed by atoms with Crippen LogP contribution in [0.5, 0.6) is 5.75 Å². The lowest BCUT2D eigenvalue weighted by molar-refractivity contribution is 0.0782. The van der Waals surface area contributed by atoms with Crippen molar-refractivity contribution in [2.75, 3.05) is 13.1 Å². The second-order valence-corrected chi connectivity index (χ2v) is 6.07. The topological polar surface area (TPSA) is 40.5 Å². The zero-order valence-corrected chi connectivity index (χ0v) is 12.1. The lowest BCUT2D eigenvalue weighted by Gasteiger charge is -2.16. The number of nitrogens with zero attached hydrogens (tertiary/aromatic N) is 1. The van der Waals surface area contributed by atoms with Crippen LogP contribution in [0.15, 0.2) is 18.2 Å². The number of hydrogen-bond acceptors (Lipinski definition) is 2. The van der Waals surface area contributed by atoms with E-state index >= 15 is 0 Å². The third-order valence-corrected chi connectivity index (χ3v) is 4.14. The van der Waals surface area contributed by atoms with E-state index in [0.717, 1.165) is 16.7 Å². The van der Waals surface area contributed by atoms with Crippen LogP contribution in [-0.2, 0) is 0 Å². The van der Waals surface area contributed by atoms with Crippen LogP contribution >= 0.6 is 22.6 Å². The number of hydrogen-bond donors (Lipinski definition) is 1. The van der Waals surface area contributed by atoms with Crippen LogP contribution in [0, 0.1) is 15.4 Å². The Morgan fingerprint density at radius 1 is 1.35 bits per heavy atom. The lowest BCUT2D eigenvalue weighted by Crippen LogP contribution is -2.29. The Morgan fingerprint density at radius 2 is 1.94 bits per heavy atom. The van der Waals surface area contributed by atoms with E-state index in [1.54, 1.807) is 18.2 Å². The number of aromatic hydroxyl groups is 1. The van der Waals surface area contributed by atoms with Gasteiger partial charge in [-0.05, 0) is 52.6 Å². The van der Waals surface area contributed by atoms with Crippen LogP contribution in [0.4, 0.5) is 0 Å². The first-order chi connectivity index (χ1) is 7.99. The summed E-state index contributed by atoms with van der Waals surface area (Å²) in [4.78, 5) is 14.1. The highest BCUT2D eigenvalue weighted by atomic mass is 127. The maximum atomic E-state index is 12.3. The number of likely N-dealkylation sites (tertiary alicyclic amines) is 1. The molecule has 1 saturated heterocycles. The van der Waals surface area contributed by atoms with Gasteiger partial charge in [-0.1, -0.05) is 13.8 Å². The largest absolute Gasteiger partial charge is 0.507 e. The van der Waals surface area contributed by atoms with Gasteiger partial charge in [-0.25, -0.2) is 0 Å². The third kappa shape index (κ3) is 2.56. The molecule has 0 bridgehead atoms. The SMILES string of the molecule is CC1CN(C(=O)c2cc(I)ccc2O)CC1C. The maximum absolute atomic E-state index is 12.3. The van der Waals surface area contributed by atoms with Crippen LogP contribution in [-0.4, -0.2) is 29.0 Å². The monoisotopic (exact) mass is 345 g/mol. The molecule has 2 unspecified atom stereocenters. The zero-order valence-electron chi connectivity index (χ0n) is 9.98. The fraction of sp³-hybridized carbons (Fsp3) is 0.462. The second kappa shape index (κ2) is 4.84. The van der Waals surface area contributed by atoms with Crippen LogP contribution in [0.25, 0.3) is 0 Å². The van der Waals surface area contributed by atoms with E-state index in [1.165, 1.54) is 0 Å².